The number of aryl methyl sites for hydroxylation is 2. The van der Waals surface area contributed by atoms with Gasteiger partial charge in [0.1, 0.15) is 0 Å². The second-order valence-corrected chi connectivity index (χ2v) is 8.91. The summed E-state index contributed by atoms with van der Waals surface area (Å²) >= 11 is 1.94. The third kappa shape index (κ3) is 3.95. The number of nitrogens with one attached hydrogen (secondary N) is 1. The molecule has 156 valence electrons. The number of nitrogens with zero attached hydrogens (tertiary/aromatic N) is 2. The first-order chi connectivity index (χ1) is 13.8. The number of ether oxygens (including phenoxy) is 1. The van der Waals surface area contributed by atoms with Crippen LogP contribution in [0, 0.1) is 0 Å². The molecule has 3 aliphatic heterocycles. The number of hydrogen-bond donors (Lipinski definition) is 1. The lowest BCUT2D eigenvalue weighted by Gasteiger charge is -2.35. The number of halogens is 1. The molecule has 0 saturated carbocycles. The molecule has 3 heterocycles. The van der Waals surface area contributed by atoms with Gasteiger partial charge in [-0.1, -0.05) is 25.6 Å². The van der Waals surface area contributed by atoms with E-state index in [1.165, 1.54) is 63.2 Å². The van der Waals surface area contributed by atoms with Gasteiger partial charge in [-0.05, 0) is 54.7 Å². The maximum Gasteiger partial charge on any atom is 0.0642 e. The summed E-state index contributed by atoms with van der Waals surface area (Å²) in [6, 6.07) is 9.54. The molecule has 0 spiro atoms. The van der Waals surface area contributed by atoms with Crippen LogP contribution in [-0.4, -0.2) is 39.4 Å². The highest BCUT2D eigenvalue weighted by Gasteiger charge is 2.25. The van der Waals surface area contributed by atoms with Crippen LogP contribution in [-0.2, 0) is 17.6 Å². The molecule has 0 radical (unpaired) electrons. The molecular weight excluding hydrogens is 493 g/mol. The van der Waals surface area contributed by atoms with Crippen LogP contribution in [0.4, 0.5) is 22.7 Å². The van der Waals surface area contributed by atoms with E-state index >= 15 is 0 Å². The Morgan fingerprint density at radius 3 is 1.79 bits per heavy atom. The van der Waals surface area contributed by atoms with E-state index in [2.05, 4.69) is 53.2 Å². The van der Waals surface area contributed by atoms with E-state index in [-0.39, 0.29) is 24.0 Å². The van der Waals surface area contributed by atoms with Gasteiger partial charge in [0.05, 0.1) is 24.6 Å². The summed E-state index contributed by atoms with van der Waals surface area (Å²) in [4.78, 5) is 7.69. The van der Waals surface area contributed by atoms with Gasteiger partial charge in [0.2, 0.25) is 0 Å². The van der Waals surface area contributed by atoms with Gasteiger partial charge in [-0.3, -0.25) is 0 Å². The number of anilines is 4. The van der Waals surface area contributed by atoms with Crippen molar-refractivity contribution in [2.24, 2.45) is 0 Å². The Balaban J connectivity index is 0.00000205. The molecule has 0 bridgehead atoms. The summed E-state index contributed by atoms with van der Waals surface area (Å²) in [5, 5.41) is 3.83. The van der Waals surface area contributed by atoms with E-state index < -0.39 is 0 Å². The van der Waals surface area contributed by atoms with Crippen LogP contribution in [0.15, 0.2) is 34.1 Å². The quantitative estimate of drug-likeness (QED) is 0.444. The fourth-order valence-electron chi connectivity index (χ4n) is 4.32. The Bertz CT molecular complexity index is 894. The summed E-state index contributed by atoms with van der Waals surface area (Å²) in [5.74, 6) is 0. The van der Waals surface area contributed by atoms with Crippen molar-refractivity contribution in [1.82, 2.24) is 0 Å². The normalized spacial score (nSPS) is 17.6. The molecular formula is C23H30IN3OS. The summed E-state index contributed by atoms with van der Waals surface area (Å²) in [6.07, 6.45) is 3.41. The van der Waals surface area contributed by atoms with Gasteiger partial charge in [-0.2, -0.15) is 0 Å². The van der Waals surface area contributed by atoms with Gasteiger partial charge in [-0.25, -0.2) is 0 Å². The van der Waals surface area contributed by atoms with Gasteiger partial charge >= 0.3 is 0 Å². The first kappa shape index (κ1) is 21.1. The standard InChI is InChI=1S/C23H29N3OS.HI/c1-3-16-12-18(25-6-5-7-25)14-20-22(16)24-23-17(4-2)13-19(15-21(23)28-20)26-8-10-27-11-9-26;/h12-15,24H,3-11H2,1-2H3;1H. The van der Waals surface area contributed by atoms with E-state index in [9.17, 15) is 0 Å². The predicted octanol–water partition coefficient (Wildman–Crippen LogP) is 5.68. The average Bonchev–Trinajstić information content (AvgIpc) is 2.70. The highest BCUT2D eigenvalue weighted by Crippen LogP contribution is 2.50. The Morgan fingerprint density at radius 1 is 0.828 bits per heavy atom. The Hall–Kier alpha value is -1.12. The van der Waals surface area contributed by atoms with Crippen LogP contribution in [0.1, 0.15) is 31.4 Å². The Labute approximate surface area is 195 Å². The second kappa shape index (κ2) is 8.94. The van der Waals surface area contributed by atoms with Crippen molar-refractivity contribution >= 4 is 58.5 Å². The van der Waals surface area contributed by atoms with Crippen LogP contribution in [0.25, 0.3) is 0 Å². The minimum absolute atomic E-state index is 0. The third-order valence-corrected chi connectivity index (χ3v) is 7.25. The fraction of sp³-hybridized carbons (Fsp3) is 0.478. The van der Waals surface area contributed by atoms with E-state index in [1.807, 2.05) is 11.8 Å². The highest BCUT2D eigenvalue weighted by molar-refractivity contribution is 14.0. The molecule has 5 rings (SSSR count). The summed E-state index contributed by atoms with van der Waals surface area (Å²) in [6.45, 7) is 10.5. The summed E-state index contributed by atoms with van der Waals surface area (Å²) < 4.78 is 5.55. The maximum absolute atomic E-state index is 5.55. The molecule has 6 heteroatoms. The van der Waals surface area contributed by atoms with Gasteiger partial charge in [-0.15, -0.1) is 24.0 Å². The number of morpholine rings is 1. The van der Waals surface area contributed by atoms with Crippen LogP contribution in [0.3, 0.4) is 0 Å². The van der Waals surface area contributed by atoms with Crippen molar-refractivity contribution in [3.63, 3.8) is 0 Å². The average molecular weight is 523 g/mol. The van der Waals surface area contributed by atoms with Crippen molar-refractivity contribution in [2.45, 2.75) is 42.9 Å². The molecule has 2 fully saturated rings. The molecule has 0 aliphatic carbocycles. The zero-order valence-corrected chi connectivity index (χ0v) is 20.4. The van der Waals surface area contributed by atoms with E-state index in [0.29, 0.717) is 0 Å². The molecule has 0 unspecified atom stereocenters. The zero-order chi connectivity index (χ0) is 19.1. The first-order valence-corrected chi connectivity index (χ1v) is 11.4. The van der Waals surface area contributed by atoms with Crippen molar-refractivity contribution < 1.29 is 4.74 Å². The molecule has 4 nitrogen and oxygen atoms in total. The predicted molar refractivity (Wildman–Crippen MR) is 134 cm³/mol. The van der Waals surface area contributed by atoms with Crippen molar-refractivity contribution in [3.05, 3.63) is 35.4 Å². The van der Waals surface area contributed by atoms with Gasteiger partial charge in [0.15, 0.2) is 0 Å². The monoisotopic (exact) mass is 523 g/mol. The van der Waals surface area contributed by atoms with Gasteiger partial charge in [0, 0.05) is 47.3 Å². The summed E-state index contributed by atoms with van der Waals surface area (Å²) in [5.41, 5.74) is 8.19. The number of rotatable bonds is 4. The third-order valence-electron chi connectivity index (χ3n) is 6.17. The first-order valence-electron chi connectivity index (χ1n) is 10.6. The molecule has 2 aromatic rings. The van der Waals surface area contributed by atoms with E-state index in [1.54, 1.807) is 0 Å². The zero-order valence-electron chi connectivity index (χ0n) is 17.3. The van der Waals surface area contributed by atoms with Crippen molar-refractivity contribution in [2.75, 3.05) is 54.5 Å². The molecule has 0 aromatic heterocycles. The van der Waals surface area contributed by atoms with Crippen molar-refractivity contribution in [3.8, 4) is 0 Å². The van der Waals surface area contributed by atoms with Crippen LogP contribution in [0.2, 0.25) is 0 Å². The fourth-order valence-corrected chi connectivity index (χ4v) is 5.49. The van der Waals surface area contributed by atoms with Crippen molar-refractivity contribution in [1.29, 1.82) is 0 Å². The Kier molecular flexibility index (Phi) is 6.51. The van der Waals surface area contributed by atoms with Gasteiger partial charge < -0.3 is 19.9 Å². The number of hydrogen-bond acceptors (Lipinski definition) is 5. The van der Waals surface area contributed by atoms with Crippen LogP contribution < -0.4 is 15.1 Å². The molecule has 1 N–H and O–H groups in total. The smallest absolute Gasteiger partial charge is 0.0642 e. The second-order valence-electron chi connectivity index (χ2n) is 7.83. The molecule has 2 aromatic carbocycles. The number of benzene rings is 2. The lowest BCUT2D eigenvalue weighted by atomic mass is 10.0. The van der Waals surface area contributed by atoms with E-state index in [0.717, 1.165) is 39.1 Å². The van der Waals surface area contributed by atoms with Gasteiger partial charge in [0.25, 0.3) is 0 Å². The lowest BCUT2D eigenvalue weighted by Crippen LogP contribution is -2.37. The molecule has 3 aliphatic rings. The van der Waals surface area contributed by atoms with Crippen LogP contribution >= 0.6 is 35.7 Å². The molecule has 0 atom stereocenters. The topological polar surface area (TPSA) is 27.7 Å². The largest absolute Gasteiger partial charge is 0.378 e. The minimum Gasteiger partial charge on any atom is -0.378 e. The molecule has 29 heavy (non-hydrogen) atoms. The minimum atomic E-state index is 0. The molecule has 0 amide bonds. The highest BCUT2D eigenvalue weighted by atomic mass is 127. The van der Waals surface area contributed by atoms with Crippen LogP contribution in [0.5, 0.6) is 0 Å². The van der Waals surface area contributed by atoms with E-state index in [4.69, 9.17) is 4.74 Å². The lowest BCUT2D eigenvalue weighted by molar-refractivity contribution is 0.122. The SMILES string of the molecule is CCc1cc(N2CCC2)cc2c1Nc1c(CC)cc(N3CCOCC3)cc1S2.I. The maximum atomic E-state index is 5.55. The Morgan fingerprint density at radius 2 is 1.34 bits per heavy atom. The summed E-state index contributed by atoms with van der Waals surface area (Å²) in [7, 11) is 0. The molecule has 2 saturated heterocycles. The number of fused-ring (bicyclic) bond motifs is 2.